The molecular formula is C93H69Br3F7IN10O12. The van der Waals surface area contributed by atoms with Crippen molar-refractivity contribution in [2.45, 2.75) is 84.3 Å². The minimum absolute atomic E-state index is 0.00854. The molecule has 33 heteroatoms. The van der Waals surface area contributed by atoms with Crippen LogP contribution in [0.15, 0.2) is 256 Å². The SMILES string of the molecule is CC(Br)c1oc2cccc(F)c2c(=O)c1-c1cccc(F)c1.CC(C)Oc1ccc(-c2nn(C(C)c3oc4cccc(F)c4c(=O)c3Br)c3ncnc(N)c23)cc1F.CC(c1oc2cccc(F)c2c(=O)c1-c1ccccc1)n1nc(I)c2c(N)ncnc21.CCCc1oc2cccc(F)c2c(=O)c1Br.COc1cccc2oc(C)c(-c3cccc(F)c3)c(=O)c12. The molecule has 22 nitrogen and oxygen atoms in total. The Morgan fingerprint density at radius 2 is 0.881 bits per heavy atom. The van der Waals surface area contributed by atoms with E-state index in [1.807, 2.05) is 32.0 Å². The Kier molecular flexibility index (Phi) is 26.8. The first-order chi connectivity index (χ1) is 60.4. The number of fused-ring (bicyclic) bond motifs is 7. The molecule has 0 aliphatic rings. The predicted molar refractivity (Wildman–Crippen MR) is 487 cm³/mol. The van der Waals surface area contributed by atoms with Crippen LogP contribution in [0.25, 0.3) is 122 Å². The van der Waals surface area contributed by atoms with Gasteiger partial charge in [-0.05, 0) is 222 Å². The van der Waals surface area contributed by atoms with Gasteiger partial charge in [-0.1, -0.05) is 108 Å². The summed E-state index contributed by atoms with van der Waals surface area (Å²) >= 11 is 11.9. The maximum absolute atomic E-state index is 14.8. The molecule has 18 rings (SSSR count). The van der Waals surface area contributed by atoms with Gasteiger partial charge < -0.3 is 43.0 Å². The van der Waals surface area contributed by atoms with Gasteiger partial charge in [-0.2, -0.15) is 10.2 Å². The van der Waals surface area contributed by atoms with E-state index in [0.717, 1.165) is 6.42 Å². The number of alkyl halides is 1. The highest BCUT2D eigenvalue weighted by Gasteiger charge is 2.31. The molecule has 18 aromatic rings. The summed E-state index contributed by atoms with van der Waals surface area (Å²) in [4.78, 5) is 80.3. The second-order valence-corrected chi connectivity index (χ2v) is 32.6. The van der Waals surface area contributed by atoms with Gasteiger partial charge in [0.1, 0.15) is 179 Å². The Labute approximate surface area is 748 Å². The molecule has 0 bridgehead atoms. The molecule has 0 radical (unpaired) electrons. The van der Waals surface area contributed by atoms with Crippen molar-refractivity contribution in [3.8, 4) is 56.1 Å². The third kappa shape index (κ3) is 17.8. The number of hydrogen-bond donors (Lipinski definition) is 2. The van der Waals surface area contributed by atoms with Crippen LogP contribution >= 0.6 is 70.4 Å². The molecule has 640 valence electrons. The standard InChI is InChI=1S/C25H20BrF2N5O3.C22H15FIN5O2.C17H11BrF2O2.C17H13FO3.C12H10BrFO2/c1-11(2)35-16-8-7-13(9-15(16)28)21-19-24(29)30-10-31-25(19)33(32-21)12(3)23-20(26)22(34)18-14(27)5-4-6-17(18)36-23;1-11(29-22-17(20(24)28-29)21(25)26-10-27-22)19-15(12-6-3-2-4-7-12)18(30)16-13(23)8-5-9-14(16)31-19;1-9(18)17-14(10-4-2-5-11(19)8-10)16(21)15-12(20)6-3-7-13(15)22-17;1-10-15(11-5-3-6-12(18)9-11)17(19)16-13(20-2)7-4-8-14(16)21-10;1-2-4-9-11(13)12(15)10-7(14)5-3-6-8(10)16-9/h4-12H,1-3H3,(H2,29,30,31);2-11H,1H3,(H2,25,26,27);2-9H,1H3;3-9H,1-2H3;3,5-6H,2,4H2,1H3. The van der Waals surface area contributed by atoms with Crippen molar-refractivity contribution in [3.63, 3.8) is 0 Å². The Bertz CT molecular complexity index is 7620. The molecule has 0 spiro atoms. The van der Waals surface area contributed by atoms with E-state index in [1.165, 1.54) is 128 Å². The Hall–Kier alpha value is -13.0. The molecule has 9 heterocycles. The van der Waals surface area contributed by atoms with Gasteiger partial charge in [0.2, 0.25) is 27.1 Å². The van der Waals surface area contributed by atoms with E-state index in [0.29, 0.717) is 121 Å². The molecule has 3 unspecified atom stereocenters. The molecule has 9 aromatic heterocycles. The van der Waals surface area contributed by atoms with Crippen LogP contribution in [0.4, 0.5) is 42.4 Å². The molecular weight excluding hydrogens is 1950 g/mol. The Balaban J connectivity index is 0.000000131. The number of ether oxygens (including phenoxy) is 2. The van der Waals surface area contributed by atoms with Crippen LogP contribution < -0.4 is 48.1 Å². The van der Waals surface area contributed by atoms with Crippen molar-refractivity contribution < 1.29 is 62.3 Å². The van der Waals surface area contributed by atoms with Crippen molar-refractivity contribution in [1.82, 2.24) is 39.5 Å². The normalized spacial score (nSPS) is 12.0. The van der Waals surface area contributed by atoms with E-state index < -0.39 is 69.1 Å². The van der Waals surface area contributed by atoms with Gasteiger partial charge in [-0.25, -0.2) is 60.0 Å². The van der Waals surface area contributed by atoms with Crippen LogP contribution in [-0.2, 0) is 6.42 Å². The maximum Gasteiger partial charge on any atom is 0.210 e. The molecule has 4 N–H and O–H groups in total. The summed E-state index contributed by atoms with van der Waals surface area (Å²) in [6.45, 7) is 12.7. The van der Waals surface area contributed by atoms with Crippen LogP contribution in [0.3, 0.4) is 0 Å². The van der Waals surface area contributed by atoms with E-state index in [9.17, 15) is 54.7 Å². The number of rotatable bonds is 14. The average molecular weight is 2020 g/mol. The van der Waals surface area contributed by atoms with Crippen LogP contribution in [0.1, 0.15) is 93.7 Å². The van der Waals surface area contributed by atoms with E-state index in [2.05, 4.69) is 101 Å². The lowest BCUT2D eigenvalue weighted by molar-refractivity contribution is 0.231. The topological polar surface area (TPSA) is 309 Å². The van der Waals surface area contributed by atoms with Crippen molar-refractivity contribution in [1.29, 1.82) is 0 Å². The van der Waals surface area contributed by atoms with E-state index in [-0.39, 0.29) is 93.0 Å². The molecule has 0 saturated heterocycles. The summed E-state index contributed by atoms with van der Waals surface area (Å²) in [6, 6.07) is 46.1. The number of nitrogens with zero attached hydrogens (tertiary/aromatic N) is 8. The van der Waals surface area contributed by atoms with Crippen molar-refractivity contribution in [3.05, 3.63) is 334 Å². The van der Waals surface area contributed by atoms with Gasteiger partial charge >= 0.3 is 0 Å². The highest BCUT2D eigenvalue weighted by molar-refractivity contribution is 14.1. The lowest BCUT2D eigenvalue weighted by atomic mass is 9.99. The first-order valence-electron chi connectivity index (χ1n) is 38.6. The highest BCUT2D eigenvalue weighted by Crippen LogP contribution is 2.41. The fourth-order valence-electron chi connectivity index (χ4n) is 14.3. The monoisotopic (exact) mass is 2010 g/mol. The molecule has 0 fully saturated rings. The lowest BCUT2D eigenvalue weighted by Gasteiger charge is -2.17. The second-order valence-electron chi connectivity index (χ2n) is 28.6. The zero-order valence-electron chi connectivity index (χ0n) is 67.6. The number of benzene rings is 9. The number of methoxy groups -OCH3 is 1. The van der Waals surface area contributed by atoms with E-state index in [1.54, 1.807) is 106 Å². The maximum atomic E-state index is 14.8. The van der Waals surface area contributed by atoms with Crippen molar-refractivity contribution in [2.24, 2.45) is 0 Å². The van der Waals surface area contributed by atoms with E-state index >= 15 is 0 Å². The quantitative estimate of drug-likeness (QED) is 0.0580. The summed E-state index contributed by atoms with van der Waals surface area (Å²) < 4.78 is 142. The number of anilines is 2. The van der Waals surface area contributed by atoms with Gasteiger partial charge in [-0.3, -0.25) is 24.0 Å². The number of aryl methyl sites for hydroxylation is 2. The first kappa shape index (κ1) is 89.3. The molecule has 0 amide bonds. The number of nitrogen functional groups attached to an aromatic ring is 2. The molecule has 0 aliphatic heterocycles. The minimum Gasteiger partial charge on any atom is -0.496 e. The second kappa shape index (κ2) is 37.8. The molecule has 9 aromatic carbocycles. The fourth-order valence-corrected chi connectivity index (χ4v) is 16.4. The number of aromatic nitrogens is 8. The summed E-state index contributed by atoms with van der Waals surface area (Å²) in [5.41, 5.74) is 15.3. The number of hydrogen-bond acceptors (Lipinski definition) is 20. The predicted octanol–water partition coefficient (Wildman–Crippen LogP) is 22.9. The minimum atomic E-state index is -0.682. The summed E-state index contributed by atoms with van der Waals surface area (Å²) in [7, 11) is 1.50. The number of halogens is 11. The fraction of sp³-hybridized carbons (Fsp3) is 0.151. The molecule has 3 atom stereocenters. The van der Waals surface area contributed by atoms with Crippen molar-refractivity contribution in [2.75, 3.05) is 18.6 Å². The van der Waals surface area contributed by atoms with Gasteiger partial charge in [-0.15, -0.1) is 0 Å². The Morgan fingerprint density at radius 1 is 0.437 bits per heavy atom. The third-order valence-electron chi connectivity index (χ3n) is 20.0. The summed E-state index contributed by atoms with van der Waals surface area (Å²) in [6.07, 6.45) is 3.97. The summed E-state index contributed by atoms with van der Waals surface area (Å²) in [5.74, 6) is -0.979. The molecule has 0 saturated carbocycles. The number of nitrogens with two attached hydrogens (primary N) is 2. The average Bonchev–Trinajstić information content (AvgIpc) is 0.902. The van der Waals surface area contributed by atoms with Crippen molar-refractivity contribution >= 4 is 159 Å². The smallest absolute Gasteiger partial charge is 0.210 e. The highest BCUT2D eigenvalue weighted by atomic mass is 127. The van der Waals surface area contributed by atoms with Crippen LogP contribution in [0.5, 0.6) is 11.5 Å². The van der Waals surface area contributed by atoms with Gasteiger partial charge in [0.25, 0.3) is 0 Å². The molecule has 126 heavy (non-hydrogen) atoms. The van der Waals surface area contributed by atoms with E-state index in [4.69, 9.17) is 43.0 Å². The van der Waals surface area contributed by atoms with Crippen LogP contribution in [-0.4, -0.2) is 52.7 Å². The van der Waals surface area contributed by atoms with Crippen LogP contribution in [0.2, 0.25) is 0 Å². The lowest BCUT2D eigenvalue weighted by Crippen LogP contribution is -2.17. The zero-order valence-corrected chi connectivity index (χ0v) is 74.5. The zero-order chi connectivity index (χ0) is 90.0. The van der Waals surface area contributed by atoms with Crippen LogP contribution in [0, 0.1) is 51.3 Å². The Morgan fingerprint density at radius 3 is 1.40 bits per heavy atom. The third-order valence-corrected chi connectivity index (χ3v) is 22.7. The van der Waals surface area contributed by atoms with Gasteiger partial charge in [0, 0.05) is 12.0 Å². The van der Waals surface area contributed by atoms with Gasteiger partial charge in [0.15, 0.2) is 22.9 Å². The molecule has 0 aliphatic carbocycles. The largest absolute Gasteiger partial charge is 0.496 e. The first-order valence-corrected chi connectivity index (χ1v) is 42.2. The summed E-state index contributed by atoms with van der Waals surface area (Å²) in [5, 5.41) is 10.3. The van der Waals surface area contributed by atoms with Gasteiger partial charge in [0.05, 0.1) is 45.5 Å².